The Kier molecular flexibility index (Phi) is 5.38. The van der Waals surface area contributed by atoms with Crippen molar-refractivity contribution in [3.8, 4) is 0 Å². The first-order valence-electron chi connectivity index (χ1n) is 6.55. The average molecular weight is 346 g/mol. The Morgan fingerprint density at radius 2 is 2.26 bits per heavy atom. The van der Waals surface area contributed by atoms with E-state index in [1.54, 1.807) is 18.3 Å². The fourth-order valence-corrected chi connectivity index (χ4v) is 4.10. The fraction of sp³-hybridized carbons (Fsp3) is 0.615. The monoisotopic (exact) mass is 345 g/mol. The summed E-state index contributed by atoms with van der Waals surface area (Å²) in [6, 6.07) is 2.42. The number of rotatable bonds is 3. The molecule has 0 spiro atoms. The molecule has 0 aliphatic carbocycles. The van der Waals surface area contributed by atoms with Crippen LogP contribution in [0.2, 0.25) is 0 Å². The summed E-state index contributed by atoms with van der Waals surface area (Å²) in [7, 11) is 0. The molecule has 1 aliphatic heterocycles. The summed E-state index contributed by atoms with van der Waals surface area (Å²) < 4.78 is 1.12. The molecule has 4 nitrogen and oxygen atoms in total. The van der Waals surface area contributed by atoms with Crippen LogP contribution in [0.25, 0.3) is 0 Å². The summed E-state index contributed by atoms with van der Waals surface area (Å²) in [5.41, 5.74) is 5.96. The van der Waals surface area contributed by atoms with Gasteiger partial charge in [0.1, 0.15) is 0 Å². The first-order chi connectivity index (χ1) is 9.11. The molecule has 2 N–H and O–H groups in total. The van der Waals surface area contributed by atoms with Gasteiger partial charge < -0.3 is 10.6 Å². The minimum atomic E-state index is 0.171. The van der Waals surface area contributed by atoms with Gasteiger partial charge in [0.25, 0.3) is 0 Å². The lowest BCUT2D eigenvalue weighted by Crippen LogP contribution is -2.37. The highest BCUT2D eigenvalue weighted by molar-refractivity contribution is 9.10. The second kappa shape index (κ2) is 6.83. The topological polar surface area (TPSA) is 49.6 Å². The number of thiophene rings is 1. The van der Waals surface area contributed by atoms with E-state index in [0.717, 1.165) is 37.1 Å². The molecule has 1 saturated heterocycles. The van der Waals surface area contributed by atoms with E-state index in [1.807, 2.05) is 4.90 Å². The number of hydrogen-bond donors (Lipinski definition) is 1. The van der Waals surface area contributed by atoms with Gasteiger partial charge in [0.2, 0.25) is 5.91 Å². The minimum absolute atomic E-state index is 0.171. The van der Waals surface area contributed by atoms with E-state index < -0.39 is 0 Å². The highest BCUT2D eigenvalue weighted by Crippen LogP contribution is 2.29. The second-order valence-electron chi connectivity index (χ2n) is 4.81. The molecule has 0 aromatic carbocycles. The van der Waals surface area contributed by atoms with E-state index in [-0.39, 0.29) is 11.9 Å². The van der Waals surface area contributed by atoms with E-state index in [0.29, 0.717) is 6.54 Å². The molecule has 1 aliphatic rings. The van der Waals surface area contributed by atoms with Crippen LogP contribution in [0.1, 0.15) is 24.3 Å². The van der Waals surface area contributed by atoms with Crippen molar-refractivity contribution in [1.82, 2.24) is 9.80 Å². The molecule has 1 unspecified atom stereocenters. The van der Waals surface area contributed by atoms with Crippen molar-refractivity contribution >= 4 is 33.2 Å². The minimum Gasteiger partial charge on any atom is -0.342 e. The lowest BCUT2D eigenvalue weighted by Gasteiger charge is -2.28. The Balaban J connectivity index is 2.05. The molecular formula is C13H20BrN3OS. The summed E-state index contributed by atoms with van der Waals surface area (Å²) in [5.74, 6) is 0.171. The standard InChI is InChI=1S/C13H20BrN3OS/c1-10(18)16-3-2-4-17(6-5-16)12(8-15)13-7-11(14)9-19-13/h7,9,12H,2-6,8,15H2,1H3. The summed E-state index contributed by atoms with van der Waals surface area (Å²) in [6.45, 7) is 5.83. The lowest BCUT2D eigenvalue weighted by molar-refractivity contribution is -0.128. The van der Waals surface area contributed by atoms with Gasteiger partial charge in [0, 0.05) is 54.4 Å². The zero-order valence-corrected chi connectivity index (χ0v) is 13.5. The van der Waals surface area contributed by atoms with Crippen LogP contribution >= 0.6 is 27.3 Å². The number of amides is 1. The molecule has 0 radical (unpaired) electrons. The Morgan fingerprint density at radius 1 is 1.47 bits per heavy atom. The molecule has 0 bridgehead atoms. The van der Waals surface area contributed by atoms with E-state index in [4.69, 9.17) is 5.73 Å². The molecule has 2 heterocycles. The molecule has 1 amide bonds. The third kappa shape index (κ3) is 3.78. The third-order valence-electron chi connectivity index (χ3n) is 3.56. The van der Waals surface area contributed by atoms with Crippen LogP contribution in [0.15, 0.2) is 15.9 Å². The quantitative estimate of drug-likeness (QED) is 0.912. The van der Waals surface area contributed by atoms with Crippen molar-refractivity contribution in [3.05, 3.63) is 20.8 Å². The van der Waals surface area contributed by atoms with Crippen molar-refractivity contribution in [2.45, 2.75) is 19.4 Å². The summed E-state index contributed by atoms with van der Waals surface area (Å²) in [4.78, 5) is 17.1. The molecule has 6 heteroatoms. The number of halogens is 1. The maximum atomic E-state index is 11.4. The maximum Gasteiger partial charge on any atom is 0.219 e. The van der Waals surface area contributed by atoms with Crippen molar-refractivity contribution in [2.24, 2.45) is 5.73 Å². The van der Waals surface area contributed by atoms with E-state index in [1.165, 1.54) is 4.88 Å². The molecule has 19 heavy (non-hydrogen) atoms. The van der Waals surface area contributed by atoms with Gasteiger partial charge in [-0.05, 0) is 28.4 Å². The molecule has 1 aromatic heterocycles. The number of nitrogens with zero attached hydrogens (tertiary/aromatic N) is 2. The Hall–Kier alpha value is -0.430. The maximum absolute atomic E-state index is 11.4. The zero-order valence-electron chi connectivity index (χ0n) is 11.1. The Bertz CT molecular complexity index is 437. The number of carbonyl (C=O) groups excluding carboxylic acids is 1. The normalized spacial score (nSPS) is 19.2. The average Bonchev–Trinajstić information content (AvgIpc) is 2.65. The predicted molar refractivity (Wildman–Crippen MR) is 82.3 cm³/mol. The number of carbonyl (C=O) groups is 1. The van der Waals surface area contributed by atoms with Crippen molar-refractivity contribution in [3.63, 3.8) is 0 Å². The van der Waals surface area contributed by atoms with Gasteiger partial charge in [-0.2, -0.15) is 0 Å². The van der Waals surface area contributed by atoms with E-state index in [9.17, 15) is 4.79 Å². The predicted octanol–water partition coefficient (Wildman–Crippen LogP) is 2.06. The summed E-state index contributed by atoms with van der Waals surface area (Å²) >= 11 is 5.24. The van der Waals surface area contributed by atoms with Crippen LogP contribution in [-0.4, -0.2) is 48.4 Å². The fourth-order valence-electron chi connectivity index (χ4n) is 2.51. The van der Waals surface area contributed by atoms with E-state index in [2.05, 4.69) is 32.3 Å². The van der Waals surface area contributed by atoms with Gasteiger partial charge in [0.05, 0.1) is 6.04 Å². The van der Waals surface area contributed by atoms with Gasteiger partial charge in [-0.25, -0.2) is 0 Å². The SMILES string of the molecule is CC(=O)N1CCCN(C(CN)c2cc(Br)cs2)CC1. The van der Waals surface area contributed by atoms with Gasteiger partial charge >= 0.3 is 0 Å². The molecule has 1 aromatic rings. The van der Waals surface area contributed by atoms with E-state index >= 15 is 0 Å². The van der Waals surface area contributed by atoms with Crippen LogP contribution in [0, 0.1) is 0 Å². The van der Waals surface area contributed by atoms with Gasteiger partial charge in [-0.1, -0.05) is 0 Å². The summed E-state index contributed by atoms with van der Waals surface area (Å²) in [5, 5.41) is 2.09. The Morgan fingerprint density at radius 3 is 2.84 bits per heavy atom. The van der Waals surface area contributed by atoms with Crippen LogP contribution in [0.3, 0.4) is 0 Å². The largest absolute Gasteiger partial charge is 0.342 e. The lowest BCUT2D eigenvalue weighted by atomic mass is 10.2. The third-order valence-corrected chi connectivity index (χ3v) is 5.35. The molecule has 1 fully saturated rings. The van der Waals surface area contributed by atoms with Crippen LogP contribution in [-0.2, 0) is 4.79 Å². The van der Waals surface area contributed by atoms with Crippen LogP contribution < -0.4 is 5.73 Å². The van der Waals surface area contributed by atoms with Gasteiger partial charge in [-0.3, -0.25) is 9.69 Å². The van der Waals surface area contributed by atoms with Gasteiger partial charge in [0.15, 0.2) is 0 Å². The van der Waals surface area contributed by atoms with Crippen LogP contribution in [0.4, 0.5) is 0 Å². The highest BCUT2D eigenvalue weighted by atomic mass is 79.9. The molecular weight excluding hydrogens is 326 g/mol. The van der Waals surface area contributed by atoms with Gasteiger partial charge in [-0.15, -0.1) is 11.3 Å². The first-order valence-corrected chi connectivity index (χ1v) is 8.22. The second-order valence-corrected chi connectivity index (χ2v) is 6.67. The van der Waals surface area contributed by atoms with Crippen molar-refractivity contribution < 1.29 is 4.79 Å². The van der Waals surface area contributed by atoms with Crippen LogP contribution in [0.5, 0.6) is 0 Å². The molecule has 0 saturated carbocycles. The van der Waals surface area contributed by atoms with Crippen molar-refractivity contribution in [1.29, 1.82) is 0 Å². The Labute approximate surface area is 126 Å². The highest BCUT2D eigenvalue weighted by Gasteiger charge is 2.24. The number of hydrogen-bond acceptors (Lipinski definition) is 4. The molecule has 2 rings (SSSR count). The molecule has 106 valence electrons. The smallest absolute Gasteiger partial charge is 0.219 e. The number of nitrogens with two attached hydrogens (primary N) is 1. The molecule has 1 atom stereocenters. The summed E-state index contributed by atoms with van der Waals surface area (Å²) in [6.07, 6.45) is 1.02. The first kappa shape index (κ1) is 15.0. The zero-order chi connectivity index (χ0) is 13.8. The van der Waals surface area contributed by atoms with Crippen molar-refractivity contribution in [2.75, 3.05) is 32.7 Å².